The van der Waals surface area contributed by atoms with Crippen molar-refractivity contribution in [3.8, 4) is 0 Å². The fourth-order valence-corrected chi connectivity index (χ4v) is 2.45. The van der Waals surface area contributed by atoms with E-state index >= 15 is 0 Å². The number of halogens is 1. The molecule has 1 atom stereocenters. The fourth-order valence-electron chi connectivity index (χ4n) is 2.45. The van der Waals surface area contributed by atoms with Crippen LogP contribution < -0.4 is 0 Å². The van der Waals surface area contributed by atoms with Crippen molar-refractivity contribution >= 4 is 18.4 Å². The minimum atomic E-state index is -0.692. The van der Waals surface area contributed by atoms with E-state index in [2.05, 4.69) is 18.2 Å². The van der Waals surface area contributed by atoms with Gasteiger partial charge in [0.15, 0.2) is 0 Å². The number of aryl methyl sites for hydroxylation is 3. The fraction of sp³-hybridized carbons (Fsp3) is 0.533. The summed E-state index contributed by atoms with van der Waals surface area (Å²) in [5.41, 5.74) is 4.27. The SMILES string of the molecule is CC(CCc1ccc2c(c1)CCCC2)C(=O)O.Cl. The lowest BCUT2D eigenvalue weighted by Crippen LogP contribution is -2.10. The van der Waals surface area contributed by atoms with E-state index in [0.29, 0.717) is 0 Å². The predicted molar refractivity (Wildman–Crippen MR) is 75.5 cm³/mol. The van der Waals surface area contributed by atoms with Gasteiger partial charge in [0.2, 0.25) is 0 Å². The van der Waals surface area contributed by atoms with Crippen molar-refractivity contribution in [2.75, 3.05) is 0 Å². The summed E-state index contributed by atoms with van der Waals surface area (Å²) in [7, 11) is 0. The minimum Gasteiger partial charge on any atom is -0.481 e. The average Bonchev–Trinajstić information content (AvgIpc) is 2.35. The largest absolute Gasteiger partial charge is 0.481 e. The molecule has 2 rings (SSSR count). The zero-order chi connectivity index (χ0) is 12.3. The Morgan fingerprint density at radius 3 is 2.61 bits per heavy atom. The molecule has 0 bridgehead atoms. The van der Waals surface area contributed by atoms with Gasteiger partial charge in [0.05, 0.1) is 5.92 Å². The van der Waals surface area contributed by atoms with E-state index < -0.39 is 5.97 Å². The van der Waals surface area contributed by atoms with E-state index in [1.165, 1.54) is 42.4 Å². The van der Waals surface area contributed by atoms with Gasteiger partial charge in [-0.2, -0.15) is 0 Å². The summed E-state index contributed by atoms with van der Waals surface area (Å²) in [5.74, 6) is -0.936. The highest BCUT2D eigenvalue weighted by Gasteiger charge is 2.12. The second-order valence-corrected chi connectivity index (χ2v) is 5.09. The highest BCUT2D eigenvalue weighted by atomic mass is 35.5. The van der Waals surface area contributed by atoms with Gasteiger partial charge in [-0.25, -0.2) is 0 Å². The number of hydrogen-bond donors (Lipinski definition) is 1. The van der Waals surface area contributed by atoms with Crippen molar-refractivity contribution in [2.45, 2.75) is 45.4 Å². The van der Waals surface area contributed by atoms with Crippen molar-refractivity contribution in [1.29, 1.82) is 0 Å². The zero-order valence-corrected chi connectivity index (χ0v) is 11.6. The van der Waals surface area contributed by atoms with Crippen LogP contribution in [0.3, 0.4) is 0 Å². The van der Waals surface area contributed by atoms with E-state index in [0.717, 1.165) is 12.8 Å². The molecular weight excluding hydrogens is 248 g/mol. The molecule has 0 spiro atoms. The lowest BCUT2D eigenvalue weighted by atomic mass is 9.89. The Labute approximate surface area is 115 Å². The van der Waals surface area contributed by atoms with Gasteiger partial charge in [0, 0.05) is 0 Å². The van der Waals surface area contributed by atoms with Gasteiger partial charge in [-0.15, -0.1) is 12.4 Å². The average molecular weight is 269 g/mol. The molecule has 1 aromatic carbocycles. The molecule has 0 amide bonds. The van der Waals surface area contributed by atoms with Gasteiger partial charge >= 0.3 is 5.97 Å². The van der Waals surface area contributed by atoms with E-state index in [1.54, 1.807) is 6.92 Å². The molecule has 0 saturated heterocycles. The molecule has 0 saturated carbocycles. The predicted octanol–water partition coefficient (Wildman–Crippen LogP) is 3.64. The van der Waals surface area contributed by atoms with Gasteiger partial charge in [-0.05, 0) is 55.2 Å². The van der Waals surface area contributed by atoms with E-state index in [4.69, 9.17) is 5.11 Å². The Hall–Kier alpha value is -1.02. The van der Waals surface area contributed by atoms with Crippen LogP contribution >= 0.6 is 12.4 Å². The summed E-state index contributed by atoms with van der Waals surface area (Å²) in [6.07, 6.45) is 6.61. The van der Waals surface area contributed by atoms with Crippen molar-refractivity contribution in [3.63, 3.8) is 0 Å². The molecule has 1 aromatic rings. The number of aliphatic carboxylic acids is 1. The van der Waals surface area contributed by atoms with Crippen molar-refractivity contribution in [3.05, 3.63) is 34.9 Å². The van der Waals surface area contributed by atoms with E-state index in [9.17, 15) is 4.79 Å². The Kier molecular flexibility index (Phi) is 5.67. The van der Waals surface area contributed by atoms with Gasteiger partial charge in [0.25, 0.3) is 0 Å². The quantitative estimate of drug-likeness (QED) is 0.905. The maximum absolute atomic E-state index is 10.8. The van der Waals surface area contributed by atoms with Crippen LogP contribution in [-0.4, -0.2) is 11.1 Å². The first-order valence-electron chi connectivity index (χ1n) is 6.50. The van der Waals surface area contributed by atoms with Gasteiger partial charge in [-0.1, -0.05) is 25.1 Å². The lowest BCUT2D eigenvalue weighted by molar-refractivity contribution is -0.141. The van der Waals surface area contributed by atoms with Crippen LogP contribution in [0.2, 0.25) is 0 Å². The van der Waals surface area contributed by atoms with Gasteiger partial charge < -0.3 is 5.11 Å². The zero-order valence-electron chi connectivity index (χ0n) is 10.8. The highest BCUT2D eigenvalue weighted by Crippen LogP contribution is 2.23. The molecule has 100 valence electrons. The summed E-state index contributed by atoms with van der Waals surface area (Å²) in [4.78, 5) is 10.8. The molecule has 2 nitrogen and oxygen atoms in total. The van der Waals surface area contributed by atoms with Crippen LogP contribution in [0.1, 0.15) is 42.9 Å². The van der Waals surface area contributed by atoms with Gasteiger partial charge in [0.1, 0.15) is 0 Å². The second kappa shape index (κ2) is 6.79. The Balaban J connectivity index is 0.00000162. The first kappa shape index (κ1) is 15.0. The third-order valence-corrected chi connectivity index (χ3v) is 3.70. The van der Waals surface area contributed by atoms with Crippen molar-refractivity contribution in [1.82, 2.24) is 0 Å². The van der Waals surface area contributed by atoms with Crippen molar-refractivity contribution in [2.24, 2.45) is 5.92 Å². The maximum Gasteiger partial charge on any atom is 0.306 e. The van der Waals surface area contributed by atoms with Crippen molar-refractivity contribution < 1.29 is 9.90 Å². The number of fused-ring (bicyclic) bond motifs is 1. The Bertz CT molecular complexity index is 415. The first-order valence-corrected chi connectivity index (χ1v) is 6.50. The van der Waals surface area contributed by atoms with Crippen LogP contribution in [0, 0.1) is 5.92 Å². The molecule has 1 N–H and O–H groups in total. The highest BCUT2D eigenvalue weighted by molar-refractivity contribution is 5.85. The summed E-state index contributed by atoms with van der Waals surface area (Å²) < 4.78 is 0. The summed E-state index contributed by atoms with van der Waals surface area (Å²) in [5, 5.41) is 8.85. The van der Waals surface area contributed by atoms with Crippen LogP contribution in [0.25, 0.3) is 0 Å². The number of carbonyl (C=O) groups is 1. The maximum atomic E-state index is 10.8. The summed E-state index contributed by atoms with van der Waals surface area (Å²) in [6.45, 7) is 1.78. The van der Waals surface area contributed by atoms with Crippen LogP contribution in [0.15, 0.2) is 18.2 Å². The van der Waals surface area contributed by atoms with Gasteiger partial charge in [-0.3, -0.25) is 4.79 Å². The molecule has 0 aromatic heterocycles. The molecule has 0 heterocycles. The smallest absolute Gasteiger partial charge is 0.306 e. The molecule has 18 heavy (non-hydrogen) atoms. The Morgan fingerprint density at radius 1 is 1.28 bits per heavy atom. The molecule has 1 aliphatic rings. The first-order chi connectivity index (χ1) is 8.16. The second-order valence-electron chi connectivity index (χ2n) is 5.09. The molecule has 0 fully saturated rings. The molecular formula is C15H21ClO2. The number of hydrogen-bond acceptors (Lipinski definition) is 1. The monoisotopic (exact) mass is 268 g/mol. The van der Waals surface area contributed by atoms with Crippen LogP contribution in [0.4, 0.5) is 0 Å². The topological polar surface area (TPSA) is 37.3 Å². The molecule has 1 aliphatic carbocycles. The number of rotatable bonds is 4. The summed E-state index contributed by atoms with van der Waals surface area (Å²) >= 11 is 0. The van der Waals surface area contributed by atoms with Crippen LogP contribution in [-0.2, 0) is 24.1 Å². The third kappa shape index (κ3) is 3.74. The normalized spacial score (nSPS) is 15.4. The third-order valence-electron chi connectivity index (χ3n) is 3.70. The molecule has 0 aliphatic heterocycles. The molecule has 0 radical (unpaired) electrons. The molecule has 3 heteroatoms. The number of carboxylic acid groups (broad SMARTS) is 1. The Morgan fingerprint density at radius 2 is 1.94 bits per heavy atom. The lowest BCUT2D eigenvalue weighted by Gasteiger charge is -2.16. The minimum absolute atomic E-state index is 0. The van der Waals surface area contributed by atoms with E-state index in [1.807, 2.05) is 0 Å². The molecule has 1 unspecified atom stereocenters. The van der Waals surface area contributed by atoms with Crippen LogP contribution in [0.5, 0.6) is 0 Å². The number of benzene rings is 1. The summed E-state index contributed by atoms with van der Waals surface area (Å²) in [6, 6.07) is 6.68. The standard InChI is InChI=1S/C15H20O2.ClH/c1-11(15(16)17)6-7-12-8-9-13-4-2-3-5-14(13)10-12;/h8-11H,2-7H2,1H3,(H,16,17);1H. The number of carboxylic acids is 1. The van der Waals surface area contributed by atoms with E-state index in [-0.39, 0.29) is 18.3 Å².